The van der Waals surface area contributed by atoms with E-state index in [2.05, 4.69) is 23.7 Å². The van der Waals surface area contributed by atoms with E-state index in [0.29, 0.717) is 25.7 Å². The van der Waals surface area contributed by atoms with E-state index in [4.69, 9.17) is 0 Å². The highest BCUT2D eigenvalue weighted by Gasteiger charge is 2.00. The van der Waals surface area contributed by atoms with E-state index in [9.17, 15) is 9.59 Å². The van der Waals surface area contributed by atoms with Crippen LogP contribution in [0.1, 0.15) is 36.8 Å². The molecule has 0 heterocycles. The molecule has 0 unspecified atom stereocenters. The molecule has 2 heteroatoms. The maximum absolute atomic E-state index is 11.7. The van der Waals surface area contributed by atoms with Crippen LogP contribution in [0.2, 0.25) is 0 Å². The minimum absolute atomic E-state index is 0.0957. The maximum Gasteiger partial charge on any atom is 0.205 e. The zero-order chi connectivity index (χ0) is 17.0. The first-order valence-electron chi connectivity index (χ1n) is 7.94. The topological polar surface area (TPSA) is 34.1 Å². The summed E-state index contributed by atoms with van der Waals surface area (Å²) in [5, 5.41) is 0. The van der Waals surface area contributed by atoms with Gasteiger partial charge in [-0.2, -0.15) is 0 Å². The Hall–Kier alpha value is -3.10. The molecule has 0 aliphatic rings. The molecule has 2 aromatic carbocycles. The van der Waals surface area contributed by atoms with Gasteiger partial charge in [0.05, 0.1) is 0 Å². The number of carbonyl (C=O) groups excluding carboxylic acids is 2. The Bertz CT molecular complexity index is 726. The molecule has 118 valence electrons. The van der Waals surface area contributed by atoms with Crippen molar-refractivity contribution in [1.82, 2.24) is 0 Å². The van der Waals surface area contributed by atoms with Crippen LogP contribution in [0.5, 0.6) is 0 Å². The van der Waals surface area contributed by atoms with Crippen molar-refractivity contribution in [3.63, 3.8) is 0 Å². The maximum atomic E-state index is 11.7. The lowest BCUT2D eigenvalue weighted by atomic mass is 10.1. The van der Waals surface area contributed by atoms with Crippen LogP contribution in [0.25, 0.3) is 0 Å². The Morgan fingerprint density at radius 2 is 1.00 bits per heavy atom. The van der Waals surface area contributed by atoms with Crippen molar-refractivity contribution in [1.29, 1.82) is 0 Å². The van der Waals surface area contributed by atoms with E-state index in [-0.39, 0.29) is 11.6 Å². The standard InChI is InChI=1S/C22H18O2/c23-21(17-15-19-9-3-1-4-10-19)13-7-8-14-22(24)18-16-20-11-5-2-6-12-20/h1-6,9-12H,7-8,13-14H2. The third-order valence-electron chi connectivity index (χ3n) is 3.30. The van der Waals surface area contributed by atoms with Gasteiger partial charge in [0, 0.05) is 24.0 Å². The molecule has 2 rings (SSSR count). The van der Waals surface area contributed by atoms with Gasteiger partial charge in [-0.05, 0) is 48.9 Å². The number of benzene rings is 2. The molecule has 0 N–H and O–H groups in total. The van der Waals surface area contributed by atoms with Crippen molar-refractivity contribution < 1.29 is 9.59 Å². The van der Waals surface area contributed by atoms with E-state index >= 15 is 0 Å². The zero-order valence-corrected chi connectivity index (χ0v) is 13.4. The fourth-order valence-electron chi connectivity index (χ4n) is 2.02. The summed E-state index contributed by atoms with van der Waals surface area (Å²) in [6.07, 6.45) is 2.06. The van der Waals surface area contributed by atoms with E-state index in [1.807, 2.05) is 60.7 Å². The number of hydrogen-bond acceptors (Lipinski definition) is 2. The van der Waals surface area contributed by atoms with Crippen molar-refractivity contribution in [2.45, 2.75) is 25.7 Å². The first kappa shape index (κ1) is 17.3. The van der Waals surface area contributed by atoms with Crippen LogP contribution in [-0.2, 0) is 9.59 Å². The Labute approximate surface area is 142 Å². The molecule has 0 aliphatic carbocycles. The second kappa shape index (κ2) is 9.82. The molecule has 0 aromatic heterocycles. The van der Waals surface area contributed by atoms with Crippen LogP contribution in [-0.4, -0.2) is 11.6 Å². The largest absolute Gasteiger partial charge is 0.285 e. The molecule has 0 radical (unpaired) electrons. The predicted molar refractivity (Wildman–Crippen MR) is 95.1 cm³/mol. The molecular weight excluding hydrogens is 296 g/mol. The first-order chi connectivity index (χ1) is 11.7. The lowest BCUT2D eigenvalue weighted by Gasteiger charge is -1.94. The summed E-state index contributed by atoms with van der Waals surface area (Å²) < 4.78 is 0. The summed E-state index contributed by atoms with van der Waals surface area (Å²) in [6.45, 7) is 0. The third-order valence-corrected chi connectivity index (χ3v) is 3.30. The Morgan fingerprint density at radius 3 is 1.38 bits per heavy atom. The zero-order valence-electron chi connectivity index (χ0n) is 13.4. The van der Waals surface area contributed by atoms with Crippen LogP contribution in [0.15, 0.2) is 60.7 Å². The van der Waals surface area contributed by atoms with Crippen LogP contribution in [0, 0.1) is 23.7 Å². The average molecular weight is 314 g/mol. The van der Waals surface area contributed by atoms with Gasteiger partial charge in [0.25, 0.3) is 0 Å². The summed E-state index contributed by atoms with van der Waals surface area (Å²) in [6, 6.07) is 18.8. The fourth-order valence-corrected chi connectivity index (χ4v) is 2.02. The summed E-state index contributed by atoms with van der Waals surface area (Å²) in [4.78, 5) is 23.4. The van der Waals surface area contributed by atoms with Gasteiger partial charge in [0.1, 0.15) is 0 Å². The predicted octanol–water partition coefficient (Wildman–Crippen LogP) is 3.79. The summed E-state index contributed by atoms with van der Waals surface area (Å²) >= 11 is 0. The summed E-state index contributed by atoms with van der Waals surface area (Å²) in [5.74, 6) is 10.8. The van der Waals surface area contributed by atoms with Crippen LogP contribution >= 0.6 is 0 Å². The number of Topliss-reactive ketones (excluding diaryl/α,β-unsaturated/α-hetero) is 2. The van der Waals surface area contributed by atoms with Crippen molar-refractivity contribution in [3.05, 3.63) is 71.8 Å². The fraction of sp³-hybridized carbons (Fsp3) is 0.182. The number of carbonyl (C=O) groups is 2. The molecule has 0 bridgehead atoms. The molecule has 2 nitrogen and oxygen atoms in total. The van der Waals surface area contributed by atoms with Crippen molar-refractivity contribution in [2.75, 3.05) is 0 Å². The third kappa shape index (κ3) is 6.77. The van der Waals surface area contributed by atoms with Crippen LogP contribution in [0.4, 0.5) is 0 Å². The Balaban J connectivity index is 1.68. The molecule has 0 fully saturated rings. The molecule has 24 heavy (non-hydrogen) atoms. The lowest BCUT2D eigenvalue weighted by molar-refractivity contribution is -0.115. The molecule has 0 spiro atoms. The highest BCUT2D eigenvalue weighted by molar-refractivity contribution is 5.96. The second-order valence-electron chi connectivity index (χ2n) is 5.29. The highest BCUT2D eigenvalue weighted by atomic mass is 16.1. The van der Waals surface area contributed by atoms with Crippen molar-refractivity contribution in [2.24, 2.45) is 0 Å². The monoisotopic (exact) mass is 314 g/mol. The second-order valence-corrected chi connectivity index (χ2v) is 5.29. The lowest BCUT2D eigenvalue weighted by Crippen LogP contribution is -1.97. The van der Waals surface area contributed by atoms with E-state index in [0.717, 1.165) is 11.1 Å². The summed E-state index contributed by atoms with van der Waals surface area (Å²) in [7, 11) is 0. The Kier molecular flexibility index (Phi) is 7.06. The van der Waals surface area contributed by atoms with Crippen LogP contribution < -0.4 is 0 Å². The van der Waals surface area contributed by atoms with Gasteiger partial charge >= 0.3 is 0 Å². The smallest absolute Gasteiger partial charge is 0.205 e. The minimum atomic E-state index is -0.0957. The highest BCUT2D eigenvalue weighted by Crippen LogP contribution is 2.02. The number of ketones is 2. The molecule has 0 saturated heterocycles. The van der Waals surface area contributed by atoms with E-state index in [1.54, 1.807) is 0 Å². The van der Waals surface area contributed by atoms with E-state index < -0.39 is 0 Å². The van der Waals surface area contributed by atoms with Crippen molar-refractivity contribution in [3.8, 4) is 23.7 Å². The molecular formula is C22H18O2. The van der Waals surface area contributed by atoms with Gasteiger partial charge in [-0.15, -0.1) is 0 Å². The first-order valence-corrected chi connectivity index (χ1v) is 7.94. The van der Waals surface area contributed by atoms with Gasteiger partial charge in [-0.25, -0.2) is 0 Å². The quantitative estimate of drug-likeness (QED) is 0.621. The van der Waals surface area contributed by atoms with Gasteiger partial charge in [-0.3, -0.25) is 9.59 Å². The molecule has 2 aromatic rings. The molecule has 0 aliphatic heterocycles. The SMILES string of the molecule is O=C(C#Cc1ccccc1)CCCCC(=O)C#Cc1ccccc1. The number of rotatable bonds is 5. The van der Waals surface area contributed by atoms with Gasteiger partial charge in [0.2, 0.25) is 11.6 Å². The Morgan fingerprint density at radius 1 is 0.625 bits per heavy atom. The number of hydrogen-bond donors (Lipinski definition) is 0. The number of unbranched alkanes of at least 4 members (excludes halogenated alkanes) is 1. The van der Waals surface area contributed by atoms with Crippen LogP contribution in [0.3, 0.4) is 0 Å². The molecule has 0 saturated carbocycles. The van der Waals surface area contributed by atoms with Crippen molar-refractivity contribution >= 4 is 11.6 Å². The average Bonchev–Trinajstić information content (AvgIpc) is 2.63. The normalized spacial score (nSPS) is 9.17. The molecule has 0 atom stereocenters. The van der Waals surface area contributed by atoms with Gasteiger partial charge < -0.3 is 0 Å². The van der Waals surface area contributed by atoms with E-state index in [1.165, 1.54) is 0 Å². The van der Waals surface area contributed by atoms with Gasteiger partial charge in [-0.1, -0.05) is 48.2 Å². The summed E-state index contributed by atoms with van der Waals surface area (Å²) in [5.41, 5.74) is 1.66. The minimum Gasteiger partial charge on any atom is -0.285 e. The van der Waals surface area contributed by atoms with Gasteiger partial charge in [0.15, 0.2) is 0 Å². The molecule has 0 amide bonds.